The van der Waals surface area contributed by atoms with Gasteiger partial charge >= 0.3 is 6.18 Å². The Bertz CT molecular complexity index is 274. The molecule has 0 spiro atoms. The summed E-state index contributed by atoms with van der Waals surface area (Å²) in [7, 11) is 0. The van der Waals surface area contributed by atoms with Crippen LogP contribution in [-0.4, -0.2) is 31.0 Å². The van der Waals surface area contributed by atoms with Gasteiger partial charge in [0.25, 0.3) is 0 Å². The van der Waals surface area contributed by atoms with Crippen LogP contribution < -0.4 is 5.32 Å². The molecule has 2 nitrogen and oxygen atoms in total. The van der Waals surface area contributed by atoms with Crippen LogP contribution in [0.4, 0.5) is 13.2 Å². The number of rotatable bonds is 3. The Balaban J connectivity index is 1.79. The number of hydrogen-bond donors (Lipinski definition) is 1. The third kappa shape index (κ3) is 3.60. The summed E-state index contributed by atoms with van der Waals surface area (Å²) in [6, 6.07) is -0.00796. The second-order valence-corrected chi connectivity index (χ2v) is 5.88. The van der Waals surface area contributed by atoms with Gasteiger partial charge in [0.2, 0.25) is 0 Å². The molecular formula is C13H22F3NO. The van der Waals surface area contributed by atoms with Crippen molar-refractivity contribution in [1.82, 2.24) is 5.32 Å². The van der Waals surface area contributed by atoms with Crippen LogP contribution in [0.3, 0.4) is 0 Å². The van der Waals surface area contributed by atoms with E-state index >= 15 is 0 Å². The van der Waals surface area contributed by atoms with Crippen molar-refractivity contribution in [2.24, 2.45) is 5.92 Å². The molecule has 0 aromatic rings. The molecule has 2 fully saturated rings. The van der Waals surface area contributed by atoms with Crippen molar-refractivity contribution in [2.75, 3.05) is 13.2 Å². The van der Waals surface area contributed by atoms with Crippen LogP contribution in [0.5, 0.6) is 0 Å². The molecule has 0 radical (unpaired) electrons. The van der Waals surface area contributed by atoms with E-state index in [2.05, 4.69) is 5.32 Å². The fourth-order valence-electron chi connectivity index (χ4n) is 3.01. The Morgan fingerprint density at radius 1 is 1.28 bits per heavy atom. The van der Waals surface area contributed by atoms with Gasteiger partial charge in [-0.05, 0) is 39.0 Å². The number of ether oxygens (including phenoxy) is 1. The van der Waals surface area contributed by atoms with E-state index in [4.69, 9.17) is 4.74 Å². The zero-order valence-electron chi connectivity index (χ0n) is 10.9. The summed E-state index contributed by atoms with van der Waals surface area (Å²) in [5, 5.41) is 3.28. The number of hydrogen-bond acceptors (Lipinski definition) is 2. The van der Waals surface area contributed by atoms with Gasteiger partial charge < -0.3 is 10.1 Å². The van der Waals surface area contributed by atoms with E-state index in [0.29, 0.717) is 13.0 Å². The lowest BCUT2D eigenvalue weighted by molar-refractivity contribution is -0.183. The first-order chi connectivity index (χ1) is 8.39. The maximum Gasteiger partial charge on any atom is 0.391 e. The number of alkyl halides is 3. The molecule has 5 heteroatoms. The third-order valence-corrected chi connectivity index (χ3v) is 4.20. The zero-order chi connectivity index (χ0) is 13.2. The fraction of sp³-hybridized carbons (Fsp3) is 1.00. The summed E-state index contributed by atoms with van der Waals surface area (Å²) in [5.41, 5.74) is -0.175. The Labute approximate surface area is 106 Å². The molecule has 0 bridgehead atoms. The Kier molecular flexibility index (Phi) is 4.22. The average Bonchev–Trinajstić information content (AvgIpc) is 2.74. The highest BCUT2D eigenvalue weighted by Gasteiger charge is 2.42. The van der Waals surface area contributed by atoms with Crippen LogP contribution in [-0.2, 0) is 4.74 Å². The first-order valence-corrected chi connectivity index (χ1v) is 6.83. The highest BCUT2D eigenvalue weighted by atomic mass is 19.4. The molecule has 2 rings (SSSR count). The number of halogens is 3. The van der Waals surface area contributed by atoms with Gasteiger partial charge in [0.05, 0.1) is 11.5 Å². The first-order valence-electron chi connectivity index (χ1n) is 6.83. The summed E-state index contributed by atoms with van der Waals surface area (Å²) in [6.45, 7) is 3.48. The molecule has 1 heterocycles. The molecule has 1 saturated heterocycles. The van der Waals surface area contributed by atoms with Gasteiger partial charge in [-0.15, -0.1) is 0 Å². The van der Waals surface area contributed by atoms with E-state index in [1.165, 1.54) is 0 Å². The lowest BCUT2D eigenvalue weighted by Gasteiger charge is -2.33. The van der Waals surface area contributed by atoms with E-state index in [0.717, 1.165) is 25.9 Å². The molecule has 18 heavy (non-hydrogen) atoms. The highest BCUT2D eigenvalue weighted by Crippen LogP contribution is 2.37. The minimum Gasteiger partial charge on any atom is -0.374 e. The van der Waals surface area contributed by atoms with E-state index in [1.54, 1.807) is 0 Å². The van der Waals surface area contributed by atoms with Crippen molar-refractivity contribution in [3.8, 4) is 0 Å². The summed E-state index contributed by atoms with van der Waals surface area (Å²) < 4.78 is 43.7. The van der Waals surface area contributed by atoms with Gasteiger partial charge in [0.1, 0.15) is 0 Å². The second-order valence-electron chi connectivity index (χ2n) is 5.88. The SMILES string of the molecule is CC1(CNC2CCCC(C(F)(F)F)C2)CCCO1. The van der Waals surface area contributed by atoms with Crippen molar-refractivity contribution >= 4 is 0 Å². The molecule has 106 valence electrons. The van der Waals surface area contributed by atoms with Crippen molar-refractivity contribution in [3.63, 3.8) is 0 Å². The smallest absolute Gasteiger partial charge is 0.374 e. The molecule has 1 aliphatic heterocycles. The van der Waals surface area contributed by atoms with Crippen LogP contribution in [0.15, 0.2) is 0 Å². The summed E-state index contributed by atoms with van der Waals surface area (Å²) >= 11 is 0. The van der Waals surface area contributed by atoms with Crippen molar-refractivity contribution in [1.29, 1.82) is 0 Å². The Morgan fingerprint density at radius 3 is 2.67 bits per heavy atom. The van der Waals surface area contributed by atoms with E-state index in [9.17, 15) is 13.2 Å². The van der Waals surface area contributed by atoms with E-state index in [-0.39, 0.29) is 24.5 Å². The summed E-state index contributed by atoms with van der Waals surface area (Å²) in [4.78, 5) is 0. The van der Waals surface area contributed by atoms with Crippen LogP contribution in [0.1, 0.15) is 45.4 Å². The van der Waals surface area contributed by atoms with Gasteiger partial charge in [-0.3, -0.25) is 0 Å². The summed E-state index contributed by atoms with van der Waals surface area (Å²) in [6.07, 6.45) is 0.0364. The summed E-state index contributed by atoms with van der Waals surface area (Å²) in [5.74, 6) is -1.12. The van der Waals surface area contributed by atoms with Crippen molar-refractivity contribution in [2.45, 2.75) is 63.3 Å². The third-order valence-electron chi connectivity index (χ3n) is 4.20. The fourth-order valence-corrected chi connectivity index (χ4v) is 3.01. The van der Waals surface area contributed by atoms with Crippen molar-refractivity contribution < 1.29 is 17.9 Å². The lowest BCUT2D eigenvalue weighted by Crippen LogP contribution is -2.45. The largest absolute Gasteiger partial charge is 0.391 e. The van der Waals surface area contributed by atoms with Crippen LogP contribution in [0.25, 0.3) is 0 Å². The minimum absolute atomic E-state index is 0.00796. The molecule has 1 N–H and O–H groups in total. The molecule has 0 aromatic carbocycles. The Hall–Kier alpha value is -0.290. The molecular weight excluding hydrogens is 243 g/mol. The van der Waals surface area contributed by atoms with Gasteiger partial charge in [-0.1, -0.05) is 6.42 Å². The van der Waals surface area contributed by atoms with E-state index < -0.39 is 12.1 Å². The van der Waals surface area contributed by atoms with Gasteiger partial charge in [-0.25, -0.2) is 0 Å². The molecule has 1 saturated carbocycles. The monoisotopic (exact) mass is 265 g/mol. The molecule has 0 aromatic heterocycles. The molecule has 3 atom stereocenters. The van der Waals surface area contributed by atoms with Crippen LogP contribution >= 0.6 is 0 Å². The standard InChI is InChI=1S/C13H22F3NO/c1-12(6-3-7-18-12)9-17-11-5-2-4-10(8-11)13(14,15)16/h10-11,17H,2-9H2,1H3. The van der Waals surface area contributed by atoms with E-state index in [1.807, 2.05) is 6.92 Å². The Morgan fingerprint density at radius 2 is 2.06 bits per heavy atom. The average molecular weight is 265 g/mol. The predicted molar refractivity (Wildman–Crippen MR) is 63.4 cm³/mol. The van der Waals surface area contributed by atoms with Gasteiger partial charge in [0.15, 0.2) is 0 Å². The second kappa shape index (κ2) is 5.37. The molecule has 3 unspecified atom stereocenters. The van der Waals surface area contributed by atoms with Gasteiger partial charge in [-0.2, -0.15) is 13.2 Å². The van der Waals surface area contributed by atoms with Crippen molar-refractivity contribution in [3.05, 3.63) is 0 Å². The molecule has 1 aliphatic carbocycles. The maximum absolute atomic E-state index is 12.7. The molecule has 0 amide bonds. The van der Waals surface area contributed by atoms with Gasteiger partial charge in [0, 0.05) is 19.2 Å². The van der Waals surface area contributed by atoms with Crippen LogP contribution in [0, 0.1) is 5.92 Å². The molecule has 2 aliphatic rings. The lowest BCUT2D eigenvalue weighted by atomic mass is 9.85. The zero-order valence-corrected chi connectivity index (χ0v) is 10.9. The minimum atomic E-state index is -4.03. The highest BCUT2D eigenvalue weighted by molar-refractivity contribution is 4.87. The first kappa shape index (κ1) is 14.1. The maximum atomic E-state index is 12.7. The predicted octanol–water partition coefficient (Wildman–Crippen LogP) is 3.27. The topological polar surface area (TPSA) is 21.3 Å². The van der Waals surface area contributed by atoms with Crippen LogP contribution in [0.2, 0.25) is 0 Å². The normalized spacial score (nSPS) is 38.0. The quantitative estimate of drug-likeness (QED) is 0.845. The number of nitrogens with one attached hydrogen (secondary N) is 1.